The smallest absolute Gasteiger partial charge is 0.232 e. The van der Waals surface area contributed by atoms with Gasteiger partial charge in [0.25, 0.3) is 0 Å². The minimum atomic E-state index is -0.205. The van der Waals surface area contributed by atoms with Gasteiger partial charge in [-0.05, 0) is 30.2 Å². The Kier molecular flexibility index (Phi) is 4.33. The second-order valence-corrected chi connectivity index (χ2v) is 6.19. The predicted molar refractivity (Wildman–Crippen MR) is 88.7 cm³/mol. The molecule has 2 aromatic rings. The standard InChI is InChI=1S/C17H20N4O3/c1-10(2)17(23)21-7-6-12-8-13(4-5-14(12)21)19-16(22)9-15-18-11(3)24-20-15/h4-5,8,10H,6-7,9H2,1-3H3,(H,19,22). The minimum Gasteiger partial charge on any atom is -0.340 e. The first-order valence-corrected chi connectivity index (χ1v) is 7.97. The highest BCUT2D eigenvalue weighted by molar-refractivity contribution is 5.97. The highest BCUT2D eigenvalue weighted by Crippen LogP contribution is 2.31. The monoisotopic (exact) mass is 328 g/mol. The van der Waals surface area contributed by atoms with E-state index < -0.39 is 0 Å². The second-order valence-electron chi connectivity index (χ2n) is 6.19. The summed E-state index contributed by atoms with van der Waals surface area (Å²) in [5, 5.41) is 6.54. The van der Waals surface area contributed by atoms with Crippen LogP contribution in [0.4, 0.5) is 11.4 Å². The molecule has 0 spiro atoms. The van der Waals surface area contributed by atoms with E-state index in [-0.39, 0.29) is 24.2 Å². The Balaban J connectivity index is 1.68. The Labute approximate surface area is 140 Å². The quantitative estimate of drug-likeness (QED) is 0.928. The normalized spacial score (nSPS) is 13.2. The molecule has 0 saturated carbocycles. The van der Waals surface area contributed by atoms with Crippen LogP contribution >= 0.6 is 0 Å². The second kappa shape index (κ2) is 6.43. The van der Waals surface area contributed by atoms with Crippen LogP contribution < -0.4 is 10.2 Å². The molecule has 7 nitrogen and oxygen atoms in total. The van der Waals surface area contributed by atoms with Gasteiger partial charge in [-0.15, -0.1) is 0 Å². The Hall–Kier alpha value is -2.70. The van der Waals surface area contributed by atoms with Gasteiger partial charge in [-0.1, -0.05) is 19.0 Å². The maximum Gasteiger partial charge on any atom is 0.232 e. The van der Waals surface area contributed by atoms with Crippen LogP contribution in [0, 0.1) is 12.8 Å². The van der Waals surface area contributed by atoms with Gasteiger partial charge in [0, 0.05) is 30.8 Å². The van der Waals surface area contributed by atoms with Crippen LogP contribution in [0.2, 0.25) is 0 Å². The van der Waals surface area contributed by atoms with Crippen LogP contribution in [-0.4, -0.2) is 28.5 Å². The van der Waals surface area contributed by atoms with Gasteiger partial charge in [0.15, 0.2) is 5.82 Å². The van der Waals surface area contributed by atoms with Crippen molar-refractivity contribution in [3.63, 3.8) is 0 Å². The zero-order chi connectivity index (χ0) is 17.3. The number of benzene rings is 1. The van der Waals surface area contributed by atoms with E-state index in [0.717, 1.165) is 17.7 Å². The van der Waals surface area contributed by atoms with Crippen molar-refractivity contribution >= 4 is 23.2 Å². The summed E-state index contributed by atoms with van der Waals surface area (Å²) in [5.41, 5.74) is 2.70. The third-order valence-electron chi connectivity index (χ3n) is 3.91. The fourth-order valence-electron chi connectivity index (χ4n) is 2.78. The van der Waals surface area contributed by atoms with Crippen LogP contribution in [0.1, 0.15) is 31.1 Å². The fraction of sp³-hybridized carbons (Fsp3) is 0.412. The Morgan fingerprint density at radius 1 is 1.38 bits per heavy atom. The van der Waals surface area contributed by atoms with Crippen LogP contribution in [0.15, 0.2) is 22.7 Å². The van der Waals surface area contributed by atoms with Gasteiger partial charge >= 0.3 is 0 Å². The fourth-order valence-corrected chi connectivity index (χ4v) is 2.78. The number of carbonyl (C=O) groups excluding carboxylic acids is 2. The molecule has 1 N–H and O–H groups in total. The third-order valence-corrected chi connectivity index (χ3v) is 3.91. The molecule has 0 fully saturated rings. The molecule has 2 heterocycles. The van der Waals surface area contributed by atoms with Gasteiger partial charge < -0.3 is 14.7 Å². The Morgan fingerprint density at radius 2 is 2.17 bits per heavy atom. The van der Waals surface area contributed by atoms with Gasteiger partial charge in [-0.25, -0.2) is 0 Å². The van der Waals surface area contributed by atoms with Crippen LogP contribution in [-0.2, 0) is 22.4 Å². The molecule has 0 bridgehead atoms. The lowest BCUT2D eigenvalue weighted by molar-refractivity contribution is -0.121. The van der Waals surface area contributed by atoms with Crippen molar-refractivity contribution in [3.8, 4) is 0 Å². The SMILES string of the molecule is Cc1nc(CC(=O)Nc2ccc3c(c2)CCN3C(=O)C(C)C)no1. The number of amides is 2. The van der Waals surface area contributed by atoms with E-state index in [0.29, 0.717) is 23.9 Å². The van der Waals surface area contributed by atoms with Crippen molar-refractivity contribution in [3.05, 3.63) is 35.5 Å². The van der Waals surface area contributed by atoms with E-state index in [2.05, 4.69) is 15.5 Å². The van der Waals surface area contributed by atoms with Crippen molar-refractivity contribution in [2.75, 3.05) is 16.8 Å². The van der Waals surface area contributed by atoms with Crippen molar-refractivity contribution in [1.82, 2.24) is 10.1 Å². The summed E-state index contributed by atoms with van der Waals surface area (Å²) in [6.07, 6.45) is 0.855. The van der Waals surface area contributed by atoms with Crippen LogP contribution in [0.3, 0.4) is 0 Å². The highest BCUT2D eigenvalue weighted by atomic mass is 16.5. The number of anilines is 2. The molecular formula is C17H20N4O3. The topological polar surface area (TPSA) is 88.3 Å². The van der Waals surface area contributed by atoms with E-state index in [9.17, 15) is 9.59 Å². The lowest BCUT2D eigenvalue weighted by Gasteiger charge is -2.19. The van der Waals surface area contributed by atoms with E-state index in [4.69, 9.17) is 4.52 Å². The summed E-state index contributed by atoms with van der Waals surface area (Å²) in [7, 11) is 0. The Morgan fingerprint density at radius 3 is 2.83 bits per heavy atom. The number of nitrogens with one attached hydrogen (secondary N) is 1. The summed E-state index contributed by atoms with van der Waals surface area (Å²) in [6, 6.07) is 5.61. The molecule has 0 saturated heterocycles. The van der Waals surface area contributed by atoms with E-state index in [1.54, 1.807) is 6.92 Å². The number of rotatable bonds is 4. The van der Waals surface area contributed by atoms with Gasteiger partial charge in [0.05, 0.1) is 6.42 Å². The number of aryl methyl sites for hydroxylation is 1. The van der Waals surface area contributed by atoms with Crippen molar-refractivity contribution in [2.24, 2.45) is 5.92 Å². The van der Waals surface area contributed by atoms with Crippen LogP contribution in [0.25, 0.3) is 0 Å². The predicted octanol–water partition coefficient (Wildman–Crippen LogP) is 2.10. The molecule has 1 aliphatic heterocycles. The summed E-state index contributed by atoms with van der Waals surface area (Å²) in [6.45, 7) is 6.16. The summed E-state index contributed by atoms with van der Waals surface area (Å²) >= 11 is 0. The van der Waals surface area contributed by atoms with E-state index in [1.165, 1.54) is 0 Å². The molecule has 1 aliphatic rings. The minimum absolute atomic E-state index is 0.0336. The van der Waals surface area contributed by atoms with Gasteiger partial charge in [0.1, 0.15) is 0 Å². The first-order valence-electron chi connectivity index (χ1n) is 7.97. The molecule has 1 aromatic carbocycles. The van der Waals surface area contributed by atoms with Crippen molar-refractivity contribution in [1.29, 1.82) is 0 Å². The summed E-state index contributed by atoms with van der Waals surface area (Å²) < 4.78 is 4.85. The van der Waals surface area contributed by atoms with Crippen molar-refractivity contribution < 1.29 is 14.1 Å². The molecule has 24 heavy (non-hydrogen) atoms. The number of fused-ring (bicyclic) bond motifs is 1. The van der Waals surface area contributed by atoms with Gasteiger partial charge in [-0.2, -0.15) is 4.98 Å². The number of carbonyl (C=O) groups is 2. The summed E-state index contributed by atoms with van der Waals surface area (Å²) in [5.74, 6) is 0.681. The van der Waals surface area contributed by atoms with Gasteiger partial charge in [0.2, 0.25) is 17.7 Å². The van der Waals surface area contributed by atoms with Crippen molar-refractivity contribution in [2.45, 2.75) is 33.6 Å². The van der Waals surface area contributed by atoms with E-state index in [1.807, 2.05) is 36.9 Å². The van der Waals surface area contributed by atoms with Crippen LogP contribution in [0.5, 0.6) is 0 Å². The average Bonchev–Trinajstić information content (AvgIpc) is 3.12. The molecule has 0 aliphatic carbocycles. The van der Waals surface area contributed by atoms with Gasteiger partial charge in [-0.3, -0.25) is 9.59 Å². The number of nitrogens with zero attached hydrogens (tertiary/aromatic N) is 3. The molecule has 126 valence electrons. The average molecular weight is 328 g/mol. The first-order chi connectivity index (χ1) is 11.4. The van der Waals surface area contributed by atoms with E-state index >= 15 is 0 Å². The lowest BCUT2D eigenvalue weighted by Crippen LogP contribution is -2.32. The number of hydrogen-bond donors (Lipinski definition) is 1. The number of aromatic nitrogens is 2. The molecule has 7 heteroatoms. The summed E-state index contributed by atoms with van der Waals surface area (Å²) in [4.78, 5) is 30.1. The molecule has 0 unspecified atom stereocenters. The highest BCUT2D eigenvalue weighted by Gasteiger charge is 2.26. The largest absolute Gasteiger partial charge is 0.340 e. The maximum atomic E-state index is 12.2. The molecule has 0 radical (unpaired) electrons. The maximum absolute atomic E-state index is 12.2. The molecule has 0 atom stereocenters. The lowest BCUT2D eigenvalue weighted by atomic mass is 10.1. The first kappa shape index (κ1) is 16.2. The zero-order valence-electron chi connectivity index (χ0n) is 14.0. The third kappa shape index (κ3) is 3.29. The molecular weight excluding hydrogens is 308 g/mol. The Bertz CT molecular complexity index is 782. The number of hydrogen-bond acceptors (Lipinski definition) is 5. The molecule has 1 aromatic heterocycles. The zero-order valence-corrected chi connectivity index (χ0v) is 14.0. The molecule has 3 rings (SSSR count). The molecule has 2 amide bonds.